The molecule has 82 valence electrons. The maximum atomic E-state index is 11.5. The Morgan fingerprint density at radius 1 is 1.47 bits per heavy atom. The molecule has 3 heteroatoms. The third-order valence-electron chi connectivity index (χ3n) is 2.12. The molecule has 2 nitrogen and oxygen atoms in total. The number of carbonyl (C=O) groups is 1. The van der Waals surface area contributed by atoms with E-state index in [2.05, 4.69) is 0 Å². The first kappa shape index (κ1) is 12.1. The Kier molecular flexibility index (Phi) is 5.26. The average Bonchev–Trinajstić information content (AvgIpc) is 2.26. The van der Waals surface area contributed by atoms with Crippen molar-refractivity contribution in [3.05, 3.63) is 29.8 Å². The van der Waals surface area contributed by atoms with Crippen LogP contribution < -0.4 is 4.74 Å². The molecule has 0 heterocycles. The van der Waals surface area contributed by atoms with Crippen LogP contribution in [0.25, 0.3) is 0 Å². The summed E-state index contributed by atoms with van der Waals surface area (Å²) >= 11 is 1.70. The highest BCUT2D eigenvalue weighted by Gasteiger charge is 2.03. The van der Waals surface area contributed by atoms with E-state index >= 15 is 0 Å². The van der Waals surface area contributed by atoms with Crippen LogP contribution in [-0.4, -0.2) is 24.9 Å². The zero-order valence-corrected chi connectivity index (χ0v) is 9.97. The van der Waals surface area contributed by atoms with Crippen molar-refractivity contribution in [2.45, 2.75) is 12.8 Å². The van der Waals surface area contributed by atoms with Gasteiger partial charge in [0, 0.05) is 12.8 Å². The lowest BCUT2D eigenvalue weighted by molar-refractivity contribution is -0.118. The molecule has 0 aliphatic heterocycles. The molecule has 0 aromatic heterocycles. The molecule has 0 radical (unpaired) electrons. The van der Waals surface area contributed by atoms with Gasteiger partial charge in [-0.05, 0) is 29.7 Å². The van der Waals surface area contributed by atoms with Crippen LogP contribution in [0.2, 0.25) is 0 Å². The number of ether oxygens (including phenoxy) is 1. The van der Waals surface area contributed by atoms with Gasteiger partial charge in [0.15, 0.2) is 0 Å². The summed E-state index contributed by atoms with van der Waals surface area (Å²) in [5.74, 6) is 2.01. The van der Waals surface area contributed by atoms with Crippen LogP contribution in [0.3, 0.4) is 0 Å². The fourth-order valence-electron chi connectivity index (χ4n) is 1.31. The summed E-state index contributed by atoms with van der Waals surface area (Å²) in [6.07, 6.45) is 3.18. The van der Waals surface area contributed by atoms with Crippen molar-refractivity contribution in [1.82, 2.24) is 0 Å². The number of hydrogen-bond donors (Lipinski definition) is 0. The molecule has 1 aromatic rings. The highest BCUT2D eigenvalue weighted by atomic mass is 32.2. The van der Waals surface area contributed by atoms with Crippen molar-refractivity contribution in [3.63, 3.8) is 0 Å². The van der Waals surface area contributed by atoms with Gasteiger partial charge in [-0.25, -0.2) is 0 Å². The topological polar surface area (TPSA) is 26.3 Å². The van der Waals surface area contributed by atoms with Crippen LogP contribution in [0.15, 0.2) is 24.3 Å². The number of thioether (sulfide) groups is 1. The molecule has 1 rings (SSSR count). The van der Waals surface area contributed by atoms with Gasteiger partial charge in [0.25, 0.3) is 0 Å². The minimum Gasteiger partial charge on any atom is -0.497 e. The predicted molar refractivity (Wildman–Crippen MR) is 64.7 cm³/mol. The van der Waals surface area contributed by atoms with Crippen molar-refractivity contribution in [2.24, 2.45) is 0 Å². The summed E-state index contributed by atoms with van der Waals surface area (Å²) in [6.45, 7) is 0. The number of ketones is 1. The lowest BCUT2D eigenvalue weighted by Crippen LogP contribution is -2.03. The molecule has 0 spiro atoms. The Morgan fingerprint density at radius 2 is 2.27 bits per heavy atom. The van der Waals surface area contributed by atoms with E-state index < -0.39 is 0 Å². The van der Waals surface area contributed by atoms with Crippen LogP contribution >= 0.6 is 11.8 Å². The molecule has 0 amide bonds. The quantitative estimate of drug-likeness (QED) is 0.743. The Morgan fingerprint density at radius 3 is 2.93 bits per heavy atom. The smallest absolute Gasteiger partial charge is 0.138 e. The molecule has 15 heavy (non-hydrogen) atoms. The van der Waals surface area contributed by atoms with Crippen LogP contribution in [0, 0.1) is 0 Å². The molecule has 0 saturated heterocycles. The van der Waals surface area contributed by atoms with Gasteiger partial charge in [0.1, 0.15) is 11.5 Å². The molecule has 0 aliphatic rings. The van der Waals surface area contributed by atoms with Gasteiger partial charge in [0.2, 0.25) is 0 Å². The van der Waals surface area contributed by atoms with Gasteiger partial charge in [0.05, 0.1) is 7.11 Å². The normalized spacial score (nSPS) is 10.0. The van der Waals surface area contributed by atoms with Crippen molar-refractivity contribution in [1.29, 1.82) is 0 Å². The summed E-state index contributed by atoms with van der Waals surface area (Å²) in [5, 5.41) is 0. The number of Topliss-reactive ketones (excluding diaryl/α,β-unsaturated/α-hetero) is 1. The van der Waals surface area contributed by atoms with Crippen molar-refractivity contribution >= 4 is 17.5 Å². The molecule has 0 aliphatic carbocycles. The highest BCUT2D eigenvalue weighted by Crippen LogP contribution is 2.13. The van der Waals surface area contributed by atoms with E-state index in [0.29, 0.717) is 12.8 Å². The first-order valence-corrected chi connectivity index (χ1v) is 6.29. The zero-order chi connectivity index (χ0) is 11.1. The Hall–Kier alpha value is -0.960. The minimum absolute atomic E-state index is 0.289. The Labute approximate surface area is 95.0 Å². The third-order valence-corrected chi connectivity index (χ3v) is 2.73. The second-order valence-corrected chi connectivity index (χ2v) is 4.30. The second-order valence-electron chi connectivity index (χ2n) is 3.31. The summed E-state index contributed by atoms with van der Waals surface area (Å²) in [4.78, 5) is 11.5. The first-order valence-electron chi connectivity index (χ1n) is 4.90. The zero-order valence-electron chi connectivity index (χ0n) is 9.16. The Bertz CT molecular complexity index is 323. The molecule has 0 bridgehead atoms. The summed E-state index contributed by atoms with van der Waals surface area (Å²) < 4.78 is 5.10. The fraction of sp³-hybridized carbons (Fsp3) is 0.417. The molecule has 0 N–H and O–H groups in total. The van der Waals surface area contributed by atoms with Gasteiger partial charge in [-0.2, -0.15) is 11.8 Å². The second kappa shape index (κ2) is 6.51. The summed E-state index contributed by atoms with van der Waals surface area (Å²) in [6, 6.07) is 7.67. The maximum absolute atomic E-state index is 11.5. The molecule has 0 atom stereocenters. The maximum Gasteiger partial charge on any atom is 0.138 e. The molecule has 0 fully saturated rings. The van der Waals surface area contributed by atoms with Crippen molar-refractivity contribution in [3.8, 4) is 5.75 Å². The number of rotatable bonds is 6. The number of hydrogen-bond acceptors (Lipinski definition) is 3. The van der Waals surface area contributed by atoms with E-state index in [1.54, 1.807) is 18.9 Å². The van der Waals surface area contributed by atoms with E-state index in [4.69, 9.17) is 4.74 Å². The van der Waals surface area contributed by atoms with Gasteiger partial charge in [-0.3, -0.25) is 4.79 Å². The van der Waals surface area contributed by atoms with E-state index in [9.17, 15) is 4.79 Å². The monoisotopic (exact) mass is 224 g/mol. The molecular weight excluding hydrogens is 208 g/mol. The van der Waals surface area contributed by atoms with Crippen molar-refractivity contribution < 1.29 is 9.53 Å². The van der Waals surface area contributed by atoms with E-state index in [1.807, 2.05) is 30.5 Å². The van der Waals surface area contributed by atoms with Crippen LogP contribution in [0.5, 0.6) is 5.75 Å². The number of carbonyl (C=O) groups excluding carboxylic acids is 1. The van der Waals surface area contributed by atoms with E-state index in [-0.39, 0.29) is 5.78 Å². The molecule has 1 aromatic carbocycles. The fourth-order valence-corrected chi connectivity index (χ4v) is 1.75. The van der Waals surface area contributed by atoms with Crippen LogP contribution in [0.4, 0.5) is 0 Å². The number of benzene rings is 1. The van der Waals surface area contributed by atoms with Crippen LogP contribution in [0.1, 0.15) is 12.0 Å². The first-order chi connectivity index (χ1) is 7.26. The molecular formula is C12H16O2S. The Balaban J connectivity index is 2.52. The highest BCUT2D eigenvalue weighted by molar-refractivity contribution is 7.98. The third kappa shape index (κ3) is 4.38. The largest absolute Gasteiger partial charge is 0.497 e. The van der Waals surface area contributed by atoms with Gasteiger partial charge >= 0.3 is 0 Å². The lowest BCUT2D eigenvalue weighted by Gasteiger charge is -2.03. The standard InChI is InChI=1S/C12H16O2S/c1-14-12-5-3-4-10(9-12)8-11(13)6-7-15-2/h3-5,9H,6-8H2,1-2H3. The minimum atomic E-state index is 0.289. The van der Waals surface area contributed by atoms with E-state index in [0.717, 1.165) is 17.1 Å². The SMILES string of the molecule is COc1cccc(CC(=O)CCSC)c1. The summed E-state index contributed by atoms with van der Waals surface area (Å²) in [5.41, 5.74) is 1.03. The van der Waals surface area contributed by atoms with Crippen molar-refractivity contribution in [2.75, 3.05) is 19.1 Å². The van der Waals surface area contributed by atoms with Gasteiger partial charge in [-0.1, -0.05) is 12.1 Å². The lowest BCUT2D eigenvalue weighted by atomic mass is 10.1. The predicted octanol–water partition coefficient (Wildman–Crippen LogP) is 2.56. The number of methoxy groups -OCH3 is 1. The molecule has 0 unspecified atom stereocenters. The van der Waals surface area contributed by atoms with Gasteiger partial charge in [-0.15, -0.1) is 0 Å². The average molecular weight is 224 g/mol. The van der Waals surface area contributed by atoms with E-state index in [1.165, 1.54) is 0 Å². The van der Waals surface area contributed by atoms with Crippen LogP contribution in [-0.2, 0) is 11.2 Å². The van der Waals surface area contributed by atoms with Gasteiger partial charge < -0.3 is 4.74 Å². The molecule has 0 saturated carbocycles. The summed E-state index contributed by atoms with van der Waals surface area (Å²) in [7, 11) is 1.63.